The molecule has 0 fully saturated rings. The van der Waals surface area contributed by atoms with E-state index >= 15 is 0 Å². The quantitative estimate of drug-likeness (QED) is 0.618. The summed E-state index contributed by atoms with van der Waals surface area (Å²) in [5.74, 6) is 1.25. The maximum absolute atomic E-state index is 4.65. The van der Waals surface area contributed by atoms with Crippen LogP contribution in [0.25, 0.3) is 11.0 Å². The Hall–Kier alpha value is -1.31. The molecule has 2 heteroatoms. The minimum atomic E-state index is 0.242. The molecule has 14 heavy (non-hydrogen) atoms. The second-order valence-corrected chi connectivity index (χ2v) is 4.66. The van der Waals surface area contributed by atoms with Crippen LogP contribution in [0.1, 0.15) is 26.1 Å². The third kappa shape index (κ3) is 0.884. The number of imidazole rings is 1. The first-order chi connectivity index (χ1) is 6.68. The summed E-state index contributed by atoms with van der Waals surface area (Å²) in [6, 6.07) is 8.40. The largest absolute Gasteiger partial charge is 0.322 e. The molecule has 0 unspecified atom stereocenters. The maximum atomic E-state index is 4.65. The summed E-state index contributed by atoms with van der Waals surface area (Å²) in [4.78, 5) is 4.65. The van der Waals surface area contributed by atoms with Crippen LogP contribution < -0.4 is 0 Å². The van der Waals surface area contributed by atoms with Gasteiger partial charge >= 0.3 is 0 Å². The summed E-state index contributed by atoms with van der Waals surface area (Å²) >= 11 is 0. The van der Waals surface area contributed by atoms with E-state index in [1.165, 1.54) is 17.8 Å². The van der Waals surface area contributed by atoms with Crippen molar-refractivity contribution in [2.75, 3.05) is 0 Å². The Morgan fingerprint density at radius 1 is 1.29 bits per heavy atom. The maximum Gasteiger partial charge on any atom is 0.110 e. The van der Waals surface area contributed by atoms with E-state index in [0.29, 0.717) is 0 Å². The average Bonchev–Trinajstić information content (AvgIpc) is 2.65. The normalized spacial score (nSPS) is 18.7. The molecular formula is C12H14N2. The Morgan fingerprint density at radius 2 is 2.07 bits per heavy atom. The minimum absolute atomic E-state index is 0.242. The van der Waals surface area contributed by atoms with Crippen LogP contribution in [-0.4, -0.2) is 9.55 Å². The Balaban J connectivity index is 2.41. The van der Waals surface area contributed by atoms with E-state index < -0.39 is 0 Å². The molecular weight excluding hydrogens is 172 g/mol. The fraction of sp³-hybridized carbons (Fsp3) is 0.417. The summed E-state index contributed by atoms with van der Waals surface area (Å²) in [6.07, 6.45) is 2.32. The first-order valence-electron chi connectivity index (χ1n) is 5.15. The lowest BCUT2D eigenvalue weighted by Gasteiger charge is -2.21. The van der Waals surface area contributed by atoms with Crippen LogP contribution in [0.3, 0.4) is 0 Å². The van der Waals surface area contributed by atoms with Crippen molar-refractivity contribution in [2.24, 2.45) is 0 Å². The van der Waals surface area contributed by atoms with Gasteiger partial charge < -0.3 is 4.57 Å². The van der Waals surface area contributed by atoms with Crippen LogP contribution in [0.4, 0.5) is 0 Å². The molecule has 2 heterocycles. The van der Waals surface area contributed by atoms with E-state index in [1.54, 1.807) is 0 Å². The van der Waals surface area contributed by atoms with Crippen LogP contribution in [0.2, 0.25) is 0 Å². The zero-order chi connectivity index (χ0) is 9.76. The molecule has 0 spiro atoms. The first-order valence-corrected chi connectivity index (χ1v) is 5.15. The minimum Gasteiger partial charge on any atom is -0.322 e. The molecule has 1 aliphatic rings. The van der Waals surface area contributed by atoms with Gasteiger partial charge in [0.25, 0.3) is 0 Å². The van der Waals surface area contributed by atoms with Gasteiger partial charge in [0.1, 0.15) is 5.82 Å². The molecule has 2 nitrogen and oxygen atoms in total. The second kappa shape index (κ2) is 2.38. The average molecular weight is 186 g/mol. The number of hydrogen-bond donors (Lipinski definition) is 0. The van der Waals surface area contributed by atoms with Gasteiger partial charge in [-0.1, -0.05) is 12.1 Å². The number of rotatable bonds is 0. The fourth-order valence-electron chi connectivity index (χ4n) is 2.45. The lowest BCUT2D eigenvalue weighted by atomic mass is 10.0. The number of fused-ring (bicyclic) bond motifs is 3. The van der Waals surface area contributed by atoms with Gasteiger partial charge in [-0.15, -0.1) is 0 Å². The number of nitrogens with zero attached hydrogens (tertiary/aromatic N) is 2. The molecule has 0 radical (unpaired) electrons. The van der Waals surface area contributed by atoms with E-state index in [2.05, 4.69) is 47.7 Å². The highest BCUT2D eigenvalue weighted by atomic mass is 15.2. The van der Waals surface area contributed by atoms with Crippen molar-refractivity contribution in [1.82, 2.24) is 9.55 Å². The fourth-order valence-corrected chi connectivity index (χ4v) is 2.45. The van der Waals surface area contributed by atoms with Crippen LogP contribution in [0, 0.1) is 0 Å². The molecule has 3 rings (SSSR count). The zero-order valence-electron chi connectivity index (χ0n) is 8.62. The van der Waals surface area contributed by atoms with Gasteiger partial charge in [-0.05, 0) is 32.4 Å². The third-order valence-electron chi connectivity index (χ3n) is 3.20. The molecule has 0 atom stereocenters. The van der Waals surface area contributed by atoms with Crippen LogP contribution in [-0.2, 0) is 12.0 Å². The number of para-hydroxylation sites is 2. The van der Waals surface area contributed by atoms with Crippen molar-refractivity contribution in [3.8, 4) is 0 Å². The molecule has 0 amide bonds. The summed E-state index contributed by atoms with van der Waals surface area (Å²) in [6.45, 7) is 4.58. The topological polar surface area (TPSA) is 17.8 Å². The third-order valence-corrected chi connectivity index (χ3v) is 3.20. The highest BCUT2D eigenvalue weighted by Crippen LogP contribution is 2.34. The molecule has 1 aromatic carbocycles. The van der Waals surface area contributed by atoms with Gasteiger partial charge in [0.05, 0.1) is 11.0 Å². The molecule has 0 bridgehead atoms. The van der Waals surface area contributed by atoms with Gasteiger partial charge in [0.15, 0.2) is 0 Å². The van der Waals surface area contributed by atoms with Crippen molar-refractivity contribution in [3.63, 3.8) is 0 Å². The highest BCUT2D eigenvalue weighted by Gasteiger charge is 2.31. The van der Waals surface area contributed by atoms with Crippen LogP contribution in [0.15, 0.2) is 24.3 Å². The van der Waals surface area contributed by atoms with E-state index in [1.807, 2.05) is 0 Å². The smallest absolute Gasteiger partial charge is 0.110 e. The lowest BCUT2D eigenvalue weighted by Crippen LogP contribution is -2.20. The van der Waals surface area contributed by atoms with Gasteiger partial charge in [-0.2, -0.15) is 0 Å². The van der Waals surface area contributed by atoms with E-state index in [4.69, 9.17) is 0 Å². The molecule has 1 aromatic heterocycles. The Bertz CT molecular complexity index is 494. The SMILES string of the molecule is CC1(C)CCc2nc3ccccc3n21. The van der Waals surface area contributed by atoms with E-state index in [9.17, 15) is 0 Å². The molecule has 0 saturated heterocycles. The lowest BCUT2D eigenvalue weighted by molar-refractivity contribution is 0.386. The van der Waals surface area contributed by atoms with Crippen molar-refractivity contribution in [2.45, 2.75) is 32.2 Å². The molecule has 0 N–H and O–H groups in total. The predicted octanol–water partition coefficient (Wildman–Crippen LogP) is 2.72. The number of aryl methyl sites for hydroxylation is 1. The molecule has 1 aliphatic heterocycles. The summed E-state index contributed by atoms with van der Waals surface area (Å²) < 4.78 is 2.39. The van der Waals surface area contributed by atoms with Crippen LogP contribution in [0.5, 0.6) is 0 Å². The van der Waals surface area contributed by atoms with Gasteiger partial charge in [0.2, 0.25) is 0 Å². The van der Waals surface area contributed by atoms with Crippen LogP contribution >= 0.6 is 0 Å². The van der Waals surface area contributed by atoms with Crippen molar-refractivity contribution in [3.05, 3.63) is 30.1 Å². The molecule has 0 aliphatic carbocycles. The Labute approximate surface area is 83.6 Å². The molecule has 0 saturated carbocycles. The van der Waals surface area contributed by atoms with Gasteiger partial charge in [-0.25, -0.2) is 4.98 Å². The standard InChI is InChI=1S/C12H14N2/c1-12(2)8-7-11-13-9-5-3-4-6-10(9)14(11)12/h3-6H,7-8H2,1-2H3. The summed E-state index contributed by atoms with van der Waals surface area (Å²) in [7, 11) is 0. The monoisotopic (exact) mass is 186 g/mol. The number of hydrogen-bond acceptors (Lipinski definition) is 1. The van der Waals surface area contributed by atoms with Gasteiger partial charge in [-0.3, -0.25) is 0 Å². The summed E-state index contributed by atoms with van der Waals surface area (Å²) in [5.41, 5.74) is 2.66. The van der Waals surface area contributed by atoms with Gasteiger partial charge in [0, 0.05) is 12.0 Å². The van der Waals surface area contributed by atoms with E-state index in [-0.39, 0.29) is 5.54 Å². The van der Waals surface area contributed by atoms with E-state index in [0.717, 1.165) is 11.9 Å². The zero-order valence-corrected chi connectivity index (χ0v) is 8.62. The van der Waals surface area contributed by atoms with Crippen molar-refractivity contribution in [1.29, 1.82) is 0 Å². The second-order valence-electron chi connectivity index (χ2n) is 4.66. The number of benzene rings is 1. The highest BCUT2D eigenvalue weighted by molar-refractivity contribution is 5.76. The first kappa shape index (κ1) is 8.04. The summed E-state index contributed by atoms with van der Waals surface area (Å²) in [5, 5.41) is 0. The van der Waals surface area contributed by atoms with Crippen molar-refractivity contribution < 1.29 is 0 Å². The molecule has 2 aromatic rings. The Morgan fingerprint density at radius 3 is 2.93 bits per heavy atom. The number of aromatic nitrogens is 2. The van der Waals surface area contributed by atoms with Crippen molar-refractivity contribution >= 4 is 11.0 Å². The Kier molecular flexibility index (Phi) is 1.37. The molecule has 72 valence electrons. The predicted molar refractivity (Wildman–Crippen MR) is 57.4 cm³/mol.